The third-order valence-corrected chi connectivity index (χ3v) is 3.25. The highest BCUT2D eigenvalue weighted by Crippen LogP contribution is 2.34. The van der Waals surface area contributed by atoms with Crippen LogP contribution in [0.2, 0.25) is 15.1 Å². The van der Waals surface area contributed by atoms with E-state index in [-0.39, 0.29) is 10.6 Å². The summed E-state index contributed by atoms with van der Waals surface area (Å²) in [4.78, 5) is 15.0. The Hall–Kier alpha value is -1.29. The van der Waals surface area contributed by atoms with E-state index in [0.29, 0.717) is 21.3 Å². The molecule has 0 saturated heterocycles. The molecule has 1 heterocycles. The fourth-order valence-corrected chi connectivity index (χ4v) is 2.15. The van der Waals surface area contributed by atoms with Crippen molar-refractivity contribution in [1.29, 1.82) is 0 Å². The molecule has 0 fully saturated rings. The average molecular weight is 303 g/mol. The summed E-state index contributed by atoms with van der Waals surface area (Å²) in [5.74, 6) is -1.12. The van der Waals surface area contributed by atoms with Crippen LogP contribution in [-0.4, -0.2) is 16.1 Å². The highest BCUT2D eigenvalue weighted by atomic mass is 35.5. The molecule has 2 aromatic rings. The lowest BCUT2D eigenvalue weighted by Crippen LogP contribution is -2.00. The van der Waals surface area contributed by atoms with Gasteiger partial charge in [-0.05, 0) is 24.3 Å². The number of nitrogens with zero attached hydrogens (tertiary/aromatic N) is 1. The van der Waals surface area contributed by atoms with Gasteiger partial charge in [0.2, 0.25) is 0 Å². The van der Waals surface area contributed by atoms with Crippen molar-refractivity contribution in [3.05, 3.63) is 51.1 Å². The lowest BCUT2D eigenvalue weighted by Gasteiger charge is -2.08. The predicted molar refractivity (Wildman–Crippen MR) is 71.7 cm³/mol. The number of rotatable bonds is 2. The molecule has 0 saturated carbocycles. The zero-order valence-corrected chi connectivity index (χ0v) is 11.1. The Balaban J connectivity index is 2.68. The summed E-state index contributed by atoms with van der Waals surface area (Å²) >= 11 is 17.9. The highest BCUT2D eigenvalue weighted by Gasteiger charge is 2.16. The van der Waals surface area contributed by atoms with Gasteiger partial charge >= 0.3 is 5.97 Å². The van der Waals surface area contributed by atoms with E-state index in [9.17, 15) is 4.79 Å². The number of benzene rings is 1. The molecule has 6 heteroatoms. The number of aromatic carboxylic acids is 1. The van der Waals surface area contributed by atoms with Crippen molar-refractivity contribution in [3.63, 3.8) is 0 Å². The van der Waals surface area contributed by atoms with Crippen molar-refractivity contribution in [3.8, 4) is 11.3 Å². The van der Waals surface area contributed by atoms with Gasteiger partial charge in [-0.2, -0.15) is 0 Å². The third kappa shape index (κ3) is 2.43. The Morgan fingerprint density at radius 2 is 1.89 bits per heavy atom. The van der Waals surface area contributed by atoms with Gasteiger partial charge in [0.15, 0.2) is 0 Å². The molecule has 0 aliphatic heterocycles. The molecule has 0 unspecified atom stereocenters. The second-order valence-electron chi connectivity index (χ2n) is 3.45. The summed E-state index contributed by atoms with van der Waals surface area (Å²) in [6.45, 7) is 0. The minimum atomic E-state index is -1.12. The van der Waals surface area contributed by atoms with Crippen molar-refractivity contribution in [2.45, 2.75) is 0 Å². The normalized spacial score (nSPS) is 10.4. The first-order valence-electron chi connectivity index (χ1n) is 4.84. The fraction of sp³-hybridized carbons (Fsp3) is 0. The Kier molecular flexibility index (Phi) is 3.76. The van der Waals surface area contributed by atoms with Crippen LogP contribution in [-0.2, 0) is 0 Å². The van der Waals surface area contributed by atoms with Gasteiger partial charge in [-0.25, -0.2) is 4.79 Å². The molecule has 0 aliphatic carbocycles. The Bertz CT molecular complexity index is 629. The van der Waals surface area contributed by atoms with Crippen LogP contribution in [0.5, 0.6) is 0 Å². The van der Waals surface area contributed by atoms with Gasteiger partial charge in [0.25, 0.3) is 0 Å². The first-order chi connectivity index (χ1) is 8.50. The summed E-state index contributed by atoms with van der Waals surface area (Å²) in [5.41, 5.74) is 0.763. The minimum Gasteiger partial charge on any atom is -0.478 e. The maximum atomic E-state index is 11.0. The summed E-state index contributed by atoms with van der Waals surface area (Å²) in [7, 11) is 0. The van der Waals surface area contributed by atoms with Gasteiger partial charge in [-0.15, -0.1) is 0 Å². The predicted octanol–water partition coefficient (Wildman–Crippen LogP) is 4.41. The molecule has 1 aromatic heterocycles. The molecule has 0 aliphatic rings. The molecule has 1 N–H and O–H groups in total. The molecule has 18 heavy (non-hydrogen) atoms. The van der Waals surface area contributed by atoms with Crippen LogP contribution in [0.4, 0.5) is 0 Å². The van der Waals surface area contributed by atoms with E-state index in [1.165, 1.54) is 12.3 Å². The number of pyridine rings is 1. The zero-order valence-electron chi connectivity index (χ0n) is 8.82. The maximum absolute atomic E-state index is 11.0. The average Bonchev–Trinajstić information content (AvgIpc) is 2.32. The SMILES string of the molecule is O=C(O)c1ccnc(-c2cc(Cl)ccc2Cl)c1Cl. The second kappa shape index (κ2) is 5.14. The lowest BCUT2D eigenvalue weighted by molar-refractivity contribution is 0.0697. The zero-order chi connectivity index (χ0) is 13.3. The van der Waals surface area contributed by atoms with Crippen LogP contribution in [0.25, 0.3) is 11.3 Å². The number of carbonyl (C=O) groups is 1. The van der Waals surface area contributed by atoms with E-state index in [4.69, 9.17) is 39.9 Å². The van der Waals surface area contributed by atoms with Crippen LogP contribution in [0.1, 0.15) is 10.4 Å². The first kappa shape index (κ1) is 13.1. The summed E-state index contributed by atoms with van der Waals surface area (Å²) in [5, 5.41) is 9.89. The third-order valence-electron chi connectivity index (χ3n) is 2.30. The number of carboxylic acids is 1. The summed E-state index contributed by atoms with van der Waals surface area (Å²) in [6.07, 6.45) is 1.36. The molecule has 0 bridgehead atoms. The van der Waals surface area contributed by atoms with Crippen LogP contribution >= 0.6 is 34.8 Å². The van der Waals surface area contributed by atoms with Crippen LogP contribution < -0.4 is 0 Å². The van der Waals surface area contributed by atoms with E-state index in [0.717, 1.165) is 0 Å². The number of halogens is 3. The smallest absolute Gasteiger partial charge is 0.337 e. The Morgan fingerprint density at radius 1 is 1.17 bits per heavy atom. The molecule has 0 radical (unpaired) electrons. The van der Waals surface area contributed by atoms with Gasteiger partial charge in [0.05, 0.1) is 21.3 Å². The Labute approximate surface area is 118 Å². The molecular weight excluding hydrogens is 296 g/mol. The molecule has 3 nitrogen and oxygen atoms in total. The lowest BCUT2D eigenvalue weighted by atomic mass is 10.1. The first-order valence-corrected chi connectivity index (χ1v) is 5.97. The van der Waals surface area contributed by atoms with E-state index in [1.807, 2.05) is 0 Å². The summed E-state index contributed by atoms with van der Waals surface area (Å²) < 4.78 is 0. The minimum absolute atomic E-state index is 0.0299. The van der Waals surface area contributed by atoms with E-state index < -0.39 is 5.97 Å². The highest BCUT2D eigenvalue weighted by molar-refractivity contribution is 6.38. The topological polar surface area (TPSA) is 50.2 Å². The van der Waals surface area contributed by atoms with E-state index in [1.54, 1.807) is 18.2 Å². The fourth-order valence-electron chi connectivity index (χ4n) is 1.48. The largest absolute Gasteiger partial charge is 0.478 e. The molecule has 92 valence electrons. The number of hydrogen-bond donors (Lipinski definition) is 1. The summed E-state index contributed by atoms with van der Waals surface area (Å²) in [6, 6.07) is 6.14. The van der Waals surface area contributed by atoms with E-state index in [2.05, 4.69) is 4.98 Å². The molecule has 0 atom stereocenters. The van der Waals surface area contributed by atoms with Crippen molar-refractivity contribution < 1.29 is 9.90 Å². The molecule has 1 aromatic carbocycles. The molecule has 0 spiro atoms. The van der Waals surface area contributed by atoms with Crippen LogP contribution in [0.15, 0.2) is 30.5 Å². The van der Waals surface area contributed by atoms with Gasteiger partial charge in [-0.3, -0.25) is 4.98 Å². The molecule has 2 rings (SSSR count). The standard InChI is InChI=1S/C12H6Cl3NO2/c13-6-1-2-9(14)8(5-6)11-10(15)7(12(17)18)3-4-16-11/h1-5H,(H,17,18). The van der Waals surface area contributed by atoms with Gasteiger partial charge in [0.1, 0.15) is 0 Å². The van der Waals surface area contributed by atoms with Gasteiger partial charge < -0.3 is 5.11 Å². The quantitative estimate of drug-likeness (QED) is 0.894. The van der Waals surface area contributed by atoms with Crippen molar-refractivity contribution >= 4 is 40.8 Å². The van der Waals surface area contributed by atoms with Crippen molar-refractivity contribution in [2.24, 2.45) is 0 Å². The molecular formula is C12H6Cl3NO2. The van der Waals surface area contributed by atoms with Gasteiger partial charge in [0, 0.05) is 16.8 Å². The number of hydrogen-bond acceptors (Lipinski definition) is 2. The van der Waals surface area contributed by atoms with E-state index >= 15 is 0 Å². The van der Waals surface area contributed by atoms with Crippen LogP contribution in [0, 0.1) is 0 Å². The van der Waals surface area contributed by atoms with Crippen molar-refractivity contribution in [2.75, 3.05) is 0 Å². The van der Waals surface area contributed by atoms with Gasteiger partial charge in [-0.1, -0.05) is 34.8 Å². The molecule has 0 amide bonds. The number of aromatic nitrogens is 1. The number of carboxylic acid groups (broad SMARTS) is 1. The monoisotopic (exact) mass is 301 g/mol. The second-order valence-corrected chi connectivity index (χ2v) is 4.67. The maximum Gasteiger partial charge on any atom is 0.337 e. The van der Waals surface area contributed by atoms with Crippen LogP contribution in [0.3, 0.4) is 0 Å². The van der Waals surface area contributed by atoms with Crippen molar-refractivity contribution in [1.82, 2.24) is 4.98 Å². The Morgan fingerprint density at radius 3 is 2.56 bits per heavy atom.